The van der Waals surface area contributed by atoms with Crippen LogP contribution in [0.1, 0.15) is 12.2 Å². The zero-order valence-corrected chi connectivity index (χ0v) is 17.4. The van der Waals surface area contributed by atoms with Gasteiger partial charge >= 0.3 is 0 Å². The highest BCUT2D eigenvalue weighted by molar-refractivity contribution is 7.90. The number of benzene rings is 2. The maximum atomic E-state index is 11.8. The van der Waals surface area contributed by atoms with E-state index in [1.807, 2.05) is 59.3 Å². The third-order valence-electron chi connectivity index (χ3n) is 4.65. The number of nitrogens with zero attached hydrogens (tertiary/aromatic N) is 2. The predicted octanol–water partition coefficient (Wildman–Crippen LogP) is 5.41. The lowest BCUT2D eigenvalue weighted by atomic mass is 10.2. The average molecular weight is 423 g/mol. The summed E-state index contributed by atoms with van der Waals surface area (Å²) in [5.41, 5.74) is 3.63. The Morgan fingerprint density at radius 2 is 1.69 bits per heavy atom. The van der Waals surface area contributed by atoms with E-state index in [0.717, 1.165) is 28.3 Å². The molecule has 4 nitrogen and oxygen atoms in total. The van der Waals surface area contributed by atoms with Gasteiger partial charge in [-0.1, -0.05) is 60.2 Å². The Labute approximate surface area is 175 Å². The van der Waals surface area contributed by atoms with Gasteiger partial charge in [0.2, 0.25) is 0 Å². The molecule has 1 aliphatic rings. The Balaban J connectivity index is 1.85. The number of hydrogen-bond acceptors (Lipinski definition) is 3. The molecule has 1 heterocycles. The van der Waals surface area contributed by atoms with Gasteiger partial charge in [0.1, 0.15) is 5.82 Å². The number of sulfone groups is 1. The smallest absolute Gasteiger partial charge is 0.175 e. The lowest BCUT2D eigenvalue weighted by Gasteiger charge is -2.09. The van der Waals surface area contributed by atoms with Crippen molar-refractivity contribution in [1.29, 1.82) is 0 Å². The largest absolute Gasteiger partial charge is 0.299 e. The van der Waals surface area contributed by atoms with Crippen molar-refractivity contribution in [3.05, 3.63) is 96.0 Å². The van der Waals surface area contributed by atoms with Gasteiger partial charge in [-0.15, -0.1) is 0 Å². The van der Waals surface area contributed by atoms with E-state index in [9.17, 15) is 8.42 Å². The summed E-state index contributed by atoms with van der Waals surface area (Å²) in [5.74, 6) is 0.770. The number of imidazole rings is 1. The van der Waals surface area contributed by atoms with Crippen LogP contribution in [0.15, 0.2) is 95.0 Å². The lowest BCUT2D eigenvalue weighted by Crippen LogP contribution is -2.01. The Hall–Kier alpha value is -2.89. The summed E-state index contributed by atoms with van der Waals surface area (Å²) < 4.78 is 25.6. The number of hydrogen-bond donors (Lipinski definition) is 0. The fourth-order valence-corrected chi connectivity index (χ4v) is 3.93. The number of halogens is 1. The van der Waals surface area contributed by atoms with Crippen LogP contribution < -0.4 is 0 Å². The first kappa shape index (κ1) is 19.4. The lowest BCUT2D eigenvalue weighted by molar-refractivity contribution is 0.602. The molecule has 0 bridgehead atoms. The topological polar surface area (TPSA) is 52.0 Å². The van der Waals surface area contributed by atoms with Gasteiger partial charge in [0, 0.05) is 34.3 Å². The van der Waals surface area contributed by atoms with Crippen molar-refractivity contribution >= 4 is 27.0 Å². The van der Waals surface area contributed by atoms with Crippen LogP contribution >= 0.6 is 11.6 Å². The highest BCUT2D eigenvalue weighted by atomic mass is 35.5. The van der Waals surface area contributed by atoms with Crippen LogP contribution in [-0.4, -0.2) is 24.2 Å². The van der Waals surface area contributed by atoms with E-state index in [-0.39, 0.29) is 4.90 Å². The van der Waals surface area contributed by atoms with Crippen LogP contribution in [0.2, 0.25) is 0 Å². The molecular weight excluding hydrogens is 404 g/mol. The summed E-state index contributed by atoms with van der Waals surface area (Å²) in [6.45, 7) is 0. The van der Waals surface area contributed by atoms with Crippen molar-refractivity contribution < 1.29 is 8.42 Å². The SMILES string of the molecule is CS(=O)(=O)c1ccc(-n2cc(-c3ccccc3)nc2C2=CCC=C(Cl)C=C2)cc1. The molecule has 0 unspecified atom stereocenters. The summed E-state index contributed by atoms with van der Waals surface area (Å²) in [4.78, 5) is 5.17. The van der Waals surface area contributed by atoms with E-state index in [0.29, 0.717) is 11.5 Å². The average Bonchev–Trinajstić information content (AvgIpc) is 3.05. The molecule has 4 rings (SSSR count). The molecule has 0 amide bonds. The van der Waals surface area contributed by atoms with Crippen LogP contribution in [0.25, 0.3) is 22.5 Å². The molecule has 1 aromatic heterocycles. The second-order valence-electron chi connectivity index (χ2n) is 6.77. The van der Waals surface area contributed by atoms with Gasteiger partial charge in [0.25, 0.3) is 0 Å². The summed E-state index contributed by atoms with van der Waals surface area (Å²) in [6.07, 6.45) is 11.7. The standard InChI is InChI=1S/C23H19ClN2O2S/c1-29(27,28)21-14-12-20(13-15-21)26-16-22(17-6-3-2-4-7-17)25-23(26)18-8-5-9-19(24)11-10-18/h2-4,6-16H,5H2,1H3. The van der Waals surface area contributed by atoms with Crippen LogP contribution in [-0.2, 0) is 9.84 Å². The minimum Gasteiger partial charge on any atom is -0.299 e. The molecule has 0 atom stereocenters. The van der Waals surface area contributed by atoms with Gasteiger partial charge in [0.15, 0.2) is 9.84 Å². The summed E-state index contributed by atoms with van der Waals surface area (Å²) in [5, 5.41) is 0.690. The van der Waals surface area contributed by atoms with Crippen LogP contribution in [0, 0.1) is 0 Å². The van der Waals surface area contributed by atoms with E-state index < -0.39 is 9.84 Å². The molecule has 3 aromatic rings. The summed E-state index contributed by atoms with van der Waals surface area (Å²) in [7, 11) is -3.25. The van der Waals surface area contributed by atoms with Crippen LogP contribution in [0.5, 0.6) is 0 Å². The molecule has 0 saturated heterocycles. The monoisotopic (exact) mass is 422 g/mol. The van der Waals surface area contributed by atoms with Gasteiger partial charge in [0.05, 0.1) is 10.6 Å². The van der Waals surface area contributed by atoms with Gasteiger partial charge in [-0.2, -0.15) is 0 Å². The third kappa shape index (κ3) is 4.26. The minimum absolute atomic E-state index is 0.288. The molecule has 0 radical (unpaired) electrons. The highest BCUT2D eigenvalue weighted by Crippen LogP contribution is 2.28. The number of aromatic nitrogens is 2. The van der Waals surface area contributed by atoms with Crippen LogP contribution in [0.3, 0.4) is 0 Å². The fraction of sp³-hybridized carbons (Fsp3) is 0.0870. The third-order valence-corrected chi connectivity index (χ3v) is 6.06. The van der Waals surface area contributed by atoms with E-state index in [4.69, 9.17) is 16.6 Å². The molecule has 29 heavy (non-hydrogen) atoms. The normalized spacial score (nSPS) is 14.3. The summed E-state index contributed by atoms with van der Waals surface area (Å²) in [6, 6.07) is 16.8. The second kappa shape index (κ2) is 7.85. The zero-order chi connectivity index (χ0) is 20.4. The van der Waals surface area contributed by atoms with Gasteiger partial charge in [-0.05, 0) is 36.8 Å². The maximum absolute atomic E-state index is 11.8. The number of allylic oxidation sites excluding steroid dienone is 6. The van der Waals surface area contributed by atoms with Crippen molar-refractivity contribution in [2.45, 2.75) is 11.3 Å². The molecule has 0 aliphatic heterocycles. The molecule has 0 spiro atoms. The molecule has 1 aliphatic carbocycles. The van der Waals surface area contributed by atoms with Crippen molar-refractivity contribution in [3.8, 4) is 16.9 Å². The predicted molar refractivity (Wildman–Crippen MR) is 118 cm³/mol. The maximum Gasteiger partial charge on any atom is 0.175 e. The molecule has 2 aromatic carbocycles. The second-order valence-corrected chi connectivity index (χ2v) is 9.22. The first-order valence-corrected chi connectivity index (χ1v) is 11.4. The molecular formula is C23H19ClN2O2S. The van der Waals surface area contributed by atoms with Gasteiger partial charge < -0.3 is 0 Å². The summed E-state index contributed by atoms with van der Waals surface area (Å²) >= 11 is 6.15. The van der Waals surface area contributed by atoms with Crippen LogP contribution in [0.4, 0.5) is 0 Å². The van der Waals surface area contributed by atoms with E-state index >= 15 is 0 Å². The highest BCUT2D eigenvalue weighted by Gasteiger charge is 2.15. The van der Waals surface area contributed by atoms with Crippen molar-refractivity contribution in [3.63, 3.8) is 0 Å². The molecule has 0 saturated carbocycles. The van der Waals surface area contributed by atoms with Crippen molar-refractivity contribution in [2.24, 2.45) is 0 Å². The molecule has 6 heteroatoms. The van der Waals surface area contributed by atoms with Crippen molar-refractivity contribution in [2.75, 3.05) is 6.26 Å². The fourth-order valence-electron chi connectivity index (χ4n) is 3.15. The first-order valence-electron chi connectivity index (χ1n) is 9.11. The van der Waals surface area contributed by atoms with E-state index in [1.165, 1.54) is 6.26 Å². The zero-order valence-electron chi connectivity index (χ0n) is 15.8. The quantitative estimate of drug-likeness (QED) is 0.565. The minimum atomic E-state index is -3.25. The van der Waals surface area contributed by atoms with Crippen molar-refractivity contribution in [1.82, 2.24) is 9.55 Å². The Bertz CT molecular complexity index is 1240. The van der Waals surface area contributed by atoms with Gasteiger partial charge in [-0.3, -0.25) is 4.57 Å². The molecule has 0 fully saturated rings. The van der Waals surface area contributed by atoms with E-state index in [1.54, 1.807) is 24.3 Å². The number of rotatable bonds is 4. The molecule has 146 valence electrons. The Morgan fingerprint density at radius 1 is 0.966 bits per heavy atom. The first-order chi connectivity index (χ1) is 13.9. The Kier molecular flexibility index (Phi) is 5.26. The van der Waals surface area contributed by atoms with Gasteiger partial charge in [-0.25, -0.2) is 13.4 Å². The Morgan fingerprint density at radius 3 is 2.38 bits per heavy atom. The van der Waals surface area contributed by atoms with E-state index in [2.05, 4.69) is 6.08 Å². The molecule has 0 N–H and O–H groups in total.